The highest BCUT2D eigenvalue weighted by molar-refractivity contribution is 5.25. The Hall–Kier alpha value is -1.80. The molecule has 2 unspecified atom stereocenters. The molecule has 0 saturated carbocycles. The van der Waals surface area contributed by atoms with E-state index in [2.05, 4.69) is 0 Å². The van der Waals surface area contributed by atoms with Gasteiger partial charge in [-0.1, -0.05) is 59.7 Å². The minimum Gasteiger partial charge on any atom is -0.394 e. The van der Waals surface area contributed by atoms with Crippen molar-refractivity contribution in [3.63, 3.8) is 0 Å². The lowest BCUT2D eigenvalue weighted by Gasteiger charge is -2.47. The van der Waals surface area contributed by atoms with Gasteiger partial charge >= 0.3 is 0 Å². The zero-order valence-electron chi connectivity index (χ0n) is 16.0. The molecule has 2 heterocycles. The van der Waals surface area contributed by atoms with E-state index >= 15 is 0 Å². The van der Waals surface area contributed by atoms with Crippen molar-refractivity contribution in [2.75, 3.05) is 13.2 Å². The van der Waals surface area contributed by atoms with Crippen LogP contribution in [0.4, 0.5) is 0 Å². The van der Waals surface area contributed by atoms with Crippen LogP contribution in [0.3, 0.4) is 0 Å². The fraction of sp³-hybridized carbons (Fsp3) is 0.455. The number of aliphatic hydroxyl groups excluding tert-OH is 2. The van der Waals surface area contributed by atoms with Gasteiger partial charge in [-0.05, 0) is 13.8 Å². The second-order valence-corrected chi connectivity index (χ2v) is 7.45. The summed E-state index contributed by atoms with van der Waals surface area (Å²) < 4.78 is 24.2. The maximum Gasteiger partial charge on any atom is 0.184 e. The van der Waals surface area contributed by atoms with Crippen molar-refractivity contribution in [1.29, 1.82) is 0 Å². The maximum atomic E-state index is 10.4. The standard InChI is InChI=1S/C22H26O6/c1-13-5-3-7-15(9-13)21-25-12-18-20(28-21)19(17(24)11-23)27-22(26-18)16-8-4-6-14(2)10-16/h3-10,17-24H,11-12H2,1-2H3/t17-,18+,19-,20-,21?,22?/m1/s1. The van der Waals surface area contributed by atoms with Crippen LogP contribution in [0.15, 0.2) is 48.5 Å². The van der Waals surface area contributed by atoms with Gasteiger partial charge in [0.05, 0.1) is 13.2 Å². The second-order valence-electron chi connectivity index (χ2n) is 7.45. The quantitative estimate of drug-likeness (QED) is 0.841. The summed E-state index contributed by atoms with van der Waals surface area (Å²) in [5, 5.41) is 19.9. The monoisotopic (exact) mass is 386 g/mol. The van der Waals surface area contributed by atoms with Crippen molar-refractivity contribution in [2.45, 2.75) is 50.8 Å². The van der Waals surface area contributed by atoms with E-state index in [0.717, 1.165) is 22.3 Å². The molecular formula is C22H26O6. The highest BCUT2D eigenvalue weighted by Crippen LogP contribution is 2.39. The predicted molar refractivity (Wildman–Crippen MR) is 102 cm³/mol. The number of benzene rings is 2. The molecule has 150 valence electrons. The first-order chi connectivity index (χ1) is 13.5. The summed E-state index contributed by atoms with van der Waals surface area (Å²) in [5.41, 5.74) is 3.95. The van der Waals surface area contributed by atoms with E-state index in [-0.39, 0.29) is 0 Å². The average molecular weight is 386 g/mol. The molecule has 0 spiro atoms. The highest BCUT2D eigenvalue weighted by Gasteiger charge is 2.48. The van der Waals surface area contributed by atoms with Gasteiger partial charge in [0, 0.05) is 11.1 Å². The van der Waals surface area contributed by atoms with Crippen molar-refractivity contribution in [2.24, 2.45) is 0 Å². The van der Waals surface area contributed by atoms with E-state index in [0.29, 0.717) is 6.61 Å². The van der Waals surface area contributed by atoms with Crippen molar-refractivity contribution in [3.05, 3.63) is 70.8 Å². The van der Waals surface area contributed by atoms with Gasteiger partial charge in [0.1, 0.15) is 24.4 Å². The number of rotatable bonds is 4. The SMILES string of the molecule is Cc1cccc(C2OC[C@@H]3OC(c4cccc(C)c4)O[C@H]([C@H](O)CO)[C@@H]3O2)c1. The number of ether oxygens (including phenoxy) is 4. The van der Waals surface area contributed by atoms with E-state index in [1.165, 1.54) is 0 Å². The van der Waals surface area contributed by atoms with Gasteiger partial charge in [-0.15, -0.1) is 0 Å². The molecule has 2 saturated heterocycles. The van der Waals surface area contributed by atoms with Crippen molar-refractivity contribution >= 4 is 0 Å². The van der Waals surface area contributed by atoms with Crippen LogP contribution in [0.25, 0.3) is 0 Å². The van der Waals surface area contributed by atoms with Gasteiger partial charge in [0.15, 0.2) is 12.6 Å². The first kappa shape index (κ1) is 19.5. The van der Waals surface area contributed by atoms with E-state index < -0.39 is 43.6 Å². The molecule has 0 bridgehead atoms. The number of aryl methyl sites for hydroxylation is 2. The van der Waals surface area contributed by atoms with Crippen molar-refractivity contribution in [1.82, 2.24) is 0 Å². The molecule has 6 atom stereocenters. The molecule has 0 aromatic heterocycles. The Morgan fingerprint density at radius 1 is 0.929 bits per heavy atom. The van der Waals surface area contributed by atoms with Gasteiger partial charge in [-0.3, -0.25) is 0 Å². The minimum absolute atomic E-state index is 0.309. The van der Waals surface area contributed by atoms with Gasteiger partial charge in [0.25, 0.3) is 0 Å². The van der Waals surface area contributed by atoms with Gasteiger partial charge in [-0.2, -0.15) is 0 Å². The van der Waals surface area contributed by atoms with Crippen LogP contribution in [-0.2, 0) is 18.9 Å². The summed E-state index contributed by atoms with van der Waals surface area (Å²) in [7, 11) is 0. The fourth-order valence-corrected chi connectivity index (χ4v) is 3.74. The number of hydrogen-bond donors (Lipinski definition) is 2. The first-order valence-electron chi connectivity index (χ1n) is 9.55. The van der Waals surface area contributed by atoms with Crippen LogP contribution >= 0.6 is 0 Å². The van der Waals surface area contributed by atoms with Gasteiger partial charge < -0.3 is 29.2 Å². The molecule has 2 aliphatic heterocycles. The Balaban J connectivity index is 1.57. The molecule has 6 nitrogen and oxygen atoms in total. The Kier molecular flexibility index (Phi) is 5.78. The second kappa shape index (κ2) is 8.29. The molecule has 2 N–H and O–H groups in total. The molecule has 28 heavy (non-hydrogen) atoms. The van der Waals surface area contributed by atoms with Crippen LogP contribution in [0, 0.1) is 13.8 Å². The molecule has 0 radical (unpaired) electrons. The molecule has 0 amide bonds. The summed E-state index contributed by atoms with van der Waals surface area (Å²) in [6.45, 7) is 3.89. The third kappa shape index (κ3) is 3.98. The molecule has 0 aliphatic carbocycles. The summed E-state index contributed by atoms with van der Waals surface area (Å²) in [5.74, 6) is 0. The van der Waals surface area contributed by atoms with E-state index in [9.17, 15) is 10.2 Å². The van der Waals surface area contributed by atoms with E-state index in [1.54, 1.807) is 0 Å². The van der Waals surface area contributed by atoms with E-state index in [4.69, 9.17) is 18.9 Å². The largest absolute Gasteiger partial charge is 0.394 e. The molecule has 2 fully saturated rings. The van der Waals surface area contributed by atoms with Crippen LogP contribution in [0.1, 0.15) is 34.8 Å². The van der Waals surface area contributed by atoms with E-state index in [1.807, 2.05) is 62.4 Å². The molecule has 2 aromatic rings. The smallest absolute Gasteiger partial charge is 0.184 e. The summed E-state index contributed by atoms with van der Waals surface area (Å²) in [6, 6.07) is 15.7. The zero-order chi connectivity index (χ0) is 19.7. The zero-order valence-corrected chi connectivity index (χ0v) is 16.0. The van der Waals surface area contributed by atoms with Crippen LogP contribution < -0.4 is 0 Å². The van der Waals surface area contributed by atoms with Gasteiger partial charge in [0.2, 0.25) is 0 Å². The van der Waals surface area contributed by atoms with Crippen LogP contribution in [0.2, 0.25) is 0 Å². The lowest BCUT2D eigenvalue weighted by atomic mass is 9.99. The topological polar surface area (TPSA) is 77.4 Å². The molecule has 2 aromatic carbocycles. The molecule has 6 heteroatoms. The Morgan fingerprint density at radius 3 is 2.18 bits per heavy atom. The number of hydrogen-bond acceptors (Lipinski definition) is 6. The fourth-order valence-electron chi connectivity index (χ4n) is 3.74. The summed E-state index contributed by atoms with van der Waals surface area (Å²) in [6.07, 6.45) is -4.01. The molecule has 4 rings (SSSR count). The van der Waals surface area contributed by atoms with Gasteiger partial charge in [-0.25, -0.2) is 0 Å². The van der Waals surface area contributed by atoms with Crippen molar-refractivity contribution < 1.29 is 29.2 Å². The Bertz CT molecular complexity index is 807. The van der Waals surface area contributed by atoms with Crippen LogP contribution in [-0.4, -0.2) is 47.8 Å². The normalized spacial score (nSPS) is 31.2. The first-order valence-corrected chi connectivity index (χ1v) is 9.55. The Morgan fingerprint density at radius 2 is 1.57 bits per heavy atom. The third-order valence-electron chi connectivity index (χ3n) is 5.16. The number of aliphatic hydroxyl groups is 2. The number of fused-ring (bicyclic) bond motifs is 1. The Labute approximate surface area is 164 Å². The minimum atomic E-state index is -1.08. The molecule has 2 aliphatic rings. The van der Waals surface area contributed by atoms with Crippen molar-refractivity contribution in [3.8, 4) is 0 Å². The lowest BCUT2D eigenvalue weighted by molar-refractivity contribution is -0.373. The highest BCUT2D eigenvalue weighted by atomic mass is 16.8. The maximum absolute atomic E-state index is 10.4. The predicted octanol–water partition coefficient (Wildman–Crippen LogP) is 2.55. The lowest BCUT2D eigenvalue weighted by Crippen LogP contribution is -2.58. The molecular weight excluding hydrogens is 360 g/mol. The summed E-state index contributed by atoms with van der Waals surface area (Å²) in [4.78, 5) is 0. The average Bonchev–Trinajstić information content (AvgIpc) is 2.72. The third-order valence-corrected chi connectivity index (χ3v) is 5.16. The van der Waals surface area contributed by atoms with Crippen LogP contribution in [0.5, 0.6) is 0 Å². The summed E-state index contributed by atoms with van der Waals surface area (Å²) >= 11 is 0.